The van der Waals surface area contributed by atoms with Crippen molar-refractivity contribution in [3.05, 3.63) is 16.1 Å². The monoisotopic (exact) mass is 331 g/mol. The summed E-state index contributed by atoms with van der Waals surface area (Å²) in [6.45, 7) is 3.44. The SMILES string of the molecule is Cc1ncsc1CCNC(=O)C1CCN(S(C)(=O)=O)CC1. The van der Waals surface area contributed by atoms with Crippen molar-refractivity contribution in [1.29, 1.82) is 0 Å². The Kier molecular flexibility index (Phi) is 5.34. The summed E-state index contributed by atoms with van der Waals surface area (Å²) in [7, 11) is -3.13. The van der Waals surface area contributed by atoms with E-state index in [9.17, 15) is 13.2 Å². The highest BCUT2D eigenvalue weighted by Gasteiger charge is 2.28. The molecule has 1 aliphatic heterocycles. The molecule has 0 aliphatic carbocycles. The fourth-order valence-electron chi connectivity index (χ4n) is 2.46. The summed E-state index contributed by atoms with van der Waals surface area (Å²) in [5.41, 5.74) is 2.84. The molecule has 0 bridgehead atoms. The third-order valence-electron chi connectivity index (χ3n) is 3.79. The molecule has 118 valence electrons. The van der Waals surface area contributed by atoms with Crippen molar-refractivity contribution in [2.24, 2.45) is 5.92 Å². The Balaban J connectivity index is 1.74. The number of hydrogen-bond acceptors (Lipinski definition) is 5. The molecule has 1 aromatic rings. The number of sulfonamides is 1. The van der Waals surface area contributed by atoms with Crippen LogP contribution in [0.25, 0.3) is 0 Å². The van der Waals surface area contributed by atoms with Crippen molar-refractivity contribution in [1.82, 2.24) is 14.6 Å². The van der Waals surface area contributed by atoms with Crippen LogP contribution in [0.5, 0.6) is 0 Å². The number of carbonyl (C=O) groups excluding carboxylic acids is 1. The predicted molar refractivity (Wildman–Crippen MR) is 82.7 cm³/mol. The standard InChI is InChI=1S/C13H21N3O3S2/c1-10-12(20-9-15-10)3-6-14-13(17)11-4-7-16(8-5-11)21(2,18)19/h9,11H,3-8H2,1-2H3,(H,14,17). The van der Waals surface area contributed by atoms with Crippen LogP contribution in [0.3, 0.4) is 0 Å². The second-order valence-corrected chi connectivity index (χ2v) is 8.26. The summed E-state index contributed by atoms with van der Waals surface area (Å²) in [6, 6.07) is 0. The van der Waals surface area contributed by atoms with Crippen LogP contribution in [-0.4, -0.2) is 49.5 Å². The van der Waals surface area contributed by atoms with Crippen molar-refractivity contribution < 1.29 is 13.2 Å². The van der Waals surface area contributed by atoms with Gasteiger partial charge in [-0.3, -0.25) is 4.79 Å². The van der Waals surface area contributed by atoms with E-state index in [-0.39, 0.29) is 11.8 Å². The fourth-order valence-corrected chi connectivity index (χ4v) is 4.11. The molecular weight excluding hydrogens is 310 g/mol. The van der Waals surface area contributed by atoms with Crippen molar-refractivity contribution in [3.8, 4) is 0 Å². The number of rotatable bonds is 5. The third kappa shape index (κ3) is 4.49. The van der Waals surface area contributed by atoms with Crippen molar-refractivity contribution in [3.63, 3.8) is 0 Å². The number of thiazole rings is 1. The van der Waals surface area contributed by atoms with Gasteiger partial charge in [-0.1, -0.05) is 0 Å². The van der Waals surface area contributed by atoms with Gasteiger partial charge in [0.15, 0.2) is 0 Å². The maximum absolute atomic E-state index is 12.1. The van der Waals surface area contributed by atoms with Crippen LogP contribution >= 0.6 is 11.3 Å². The lowest BCUT2D eigenvalue weighted by molar-refractivity contribution is -0.126. The molecule has 1 aliphatic rings. The van der Waals surface area contributed by atoms with Crippen LogP contribution in [0.15, 0.2) is 5.51 Å². The molecular formula is C13H21N3O3S2. The van der Waals surface area contributed by atoms with Crippen molar-refractivity contribution >= 4 is 27.3 Å². The normalized spacial score (nSPS) is 17.8. The van der Waals surface area contributed by atoms with Gasteiger partial charge in [0.1, 0.15) is 0 Å². The number of nitrogens with zero attached hydrogens (tertiary/aromatic N) is 2. The molecule has 2 heterocycles. The van der Waals surface area contributed by atoms with Crippen molar-refractivity contribution in [2.45, 2.75) is 26.2 Å². The van der Waals surface area contributed by atoms with Crippen LogP contribution in [0.1, 0.15) is 23.4 Å². The Hall–Kier alpha value is -0.990. The zero-order valence-corrected chi connectivity index (χ0v) is 14.0. The van der Waals surface area contributed by atoms with Crippen LogP contribution < -0.4 is 5.32 Å². The highest BCUT2D eigenvalue weighted by Crippen LogP contribution is 2.19. The molecule has 1 saturated heterocycles. The lowest BCUT2D eigenvalue weighted by Gasteiger charge is -2.29. The van der Waals surface area contributed by atoms with E-state index in [1.807, 2.05) is 12.4 Å². The zero-order chi connectivity index (χ0) is 15.5. The highest BCUT2D eigenvalue weighted by atomic mass is 32.2. The summed E-state index contributed by atoms with van der Waals surface area (Å²) >= 11 is 1.60. The van der Waals surface area contributed by atoms with E-state index in [1.165, 1.54) is 15.4 Å². The Labute approximate surface area is 129 Å². The topological polar surface area (TPSA) is 79.4 Å². The van der Waals surface area contributed by atoms with E-state index >= 15 is 0 Å². The molecule has 0 unspecified atom stereocenters. The molecule has 0 radical (unpaired) electrons. The number of amides is 1. The van der Waals surface area contributed by atoms with Gasteiger partial charge in [0.05, 0.1) is 17.5 Å². The van der Waals surface area contributed by atoms with E-state index in [0.717, 1.165) is 12.1 Å². The summed E-state index contributed by atoms with van der Waals surface area (Å²) < 4.78 is 24.3. The molecule has 2 rings (SSSR count). The van der Waals surface area contributed by atoms with Gasteiger partial charge in [0.25, 0.3) is 0 Å². The fraction of sp³-hybridized carbons (Fsp3) is 0.692. The minimum absolute atomic E-state index is 0.0327. The first kappa shape index (κ1) is 16.4. The molecule has 0 aromatic carbocycles. The summed E-state index contributed by atoms with van der Waals surface area (Å²) in [5.74, 6) is -0.0455. The summed E-state index contributed by atoms with van der Waals surface area (Å²) in [5, 5.41) is 2.94. The Bertz CT molecular complexity index is 590. The van der Waals surface area contributed by atoms with Gasteiger partial charge in [-0.15, -0.1) is 11.3 Å². The van der Waals surface area contributed by atoms with E-state index in [4.69, 9.17) is 0 Å². The van der Waals surface area contributed by atoms with Crippen LogP contribution in [0.2, 0.25) is 0 Å². The quantitative estimate of drug-likeness (QED) is 0.865. The first-order valence-corrected chi connectivity index (χ1v) is 9.72. The average Bonchev–Trinajstić information content (AvgIpc) is 2.83. The zero-order valence-electron chi connectivity index (χ0n) is 12.3. The van der Waals surface area contributed by atoms with Gasteiger partial charge >= 0.3 is 0 Å². The number of aromatic nitrogens is 1. The molecule has 8 heteroatoms. The lowest BCUT2D eigenvalue weighted by atomic mass is 9.97. The Morgan fingerprint density at radius 2 is 2.14 bits per heavy atom. The van der Waals surface area contributed by atoms with E-state index < -0.39 is 10.0 Å². The van der Waals surface area contributed by atoms with E-state index in [0.29, 0.717) is 32.5 Å². The first-order valence-electron chi connectivity index (χ1n) is 6.99. The lowest BCUT2D eigenvalue weighted by Crippen LogP contribution is -2.42. The minimum atomic E-state index is -3.13. The smallest absolute Gasteiger partial charge is 0.223 e. The van der Waals surface area contributed by atoms with Gasteiger partial charge in [0, 0.05) is 36.9 Å². The number of nitrogens with one attached hydrogen (secondary N) is 1. The molecule has 21 heavy (non-hydrogen) atoms. The van der Waals surface area contributed by atoms with Crippen LogP contribution in [0, 0.1) is 12.8 Å². The van der Waals surface area contributed by atoms with Crippen LogP contribution in [0.4, 0.5) is 0 Å². The largest absolute Gasteiger partial charge is 0.355 e. The van der Waals surface area contributed by atoms with Gasteiger partial charge in [-0.05, 0) is 19.8 Å². The van der Waals surface area contributed by atoms with Gasteiger partial charge < -0.3 is 5.32 Å². The highest BCUT2D eigenvalue weighted by molar-refractivity contribution is 7.88. The summed E-state index contributed by atoms with van der Waals surface area (Å²) in [6.07, 6.45) is 3.20. The number of carbonyl (C=O) groups is 1. The van der Waals surface area contributed by atoms with Gasteiger partial charge in [-0.25, -0.2) is 17.7 Å². The summed E-state index contributed by atoms with van der Waals surface area (Å²) in [4.78, 5) is 17.5. The minimum Gasteiger partial charge on any atom is -0.355 e. The molecule has 1 fully saturated rings. The predicted octanol–water partition coefficient (Wildman–Crippen LogP) is 0.782. The van der Waals surface area contributed by atoms with Gasteiger partial charge in [0.2, 0.25) is 15.9 Å². The molecule has 0 atom stereocenters. The molecule has 0 spiro atoms. The second kappa shape index (κ2) is 6.85. The Morgan fingerprint density at radius 3 is 2.67 bits per heavy atom. The number of aryl methyl sites for hydroxylation is 1. The average molecular weight is 331 g/mol. The van der Waals surface area contributed by atoms with Crippen LogP contribution in [-0.2, 0) is 21.2 Å². The molecule has 1 aromatic heterocycles. The maximum Gasteiger partial charge on any atom is 0.223 e. The van der Waals surface area contributed by atoms with Crippen molar-refractivity contribution in [2.75, 3.05) is 25.9 Å². The van der Waals surface area contributed by atoms with E-state index in [1.54, 1.807) is 11.3 Å². The molecule has 1 N–H and O–H groups in total. The number of piperidine rings is 1. The van der Waals surface area contributed by atoms with E-state index in [2.05, 4.69) is 10.3 Å². The first-order chi connectivity index (χ1) is 9.88. The third-order valence-corrected chi connectivity index (χ3v) is 6.09. The molecule has 1 amide bonds. The maximum atomic E-state index is 12.1. The Morgan fingerprint density at radius 1 is 1.48 bits per heavy atom. The molecule has 0 saturated carbocycles. The van der Waals surface area contributed by atoms with Gasteiger partial charge in [-0.2, -0.15) is 0 Å². The number of hydrogen-bond donors (Lipinski definition) is 1. The second-order valence-electron chi connectivity index (χ2n) is 5.34. The molecule has 6 nitrogen and oxygen atoms in total.